The van der Waals surface area contributed by atoms with E-state index < -0.39 is 10.0 Å². The minimum Gasteiger partial charge on any atom is -0.375 e. The zero-order chi connectivity index (χ0) is 16.3. The van der Waals surface area contributed by atoms with E-state index >= 15 is 0 Å². The summed E-state index contributed by atoms with van der Waals surface area (Å²) in [7, 11) is -3.81. The second kappa shape index (κ2) is 8.07. The van der Waals surface area contributed by atoms with Gasteiger partial charge >= 0.3 is 0 Å². The summed E-state index contributed by atoms with van der Waals surface area (Å²) < 4.78 is 28.5. The van der Waals surface area contributed by atoms with Gasteiger partial charge in [-0.15, -0.1) is 12.4 Å². The molecule has 7 nitrogen and oxygen atoms in total. The Morgan fingerprint density at radius 1 is 1.43 bits per heavy atom. The molecule has 0 saturated carbocycles. The van der Waals surface area contributed by atoms with Crippen LogP contribution in [0.1, 0.15) is 17.5 Å². The fourth-order valence-corrected chi connectivity index (χ4v) is 2.90. The lowest BCUT2D eigenvalue weighted by atomic mass is 10.1. The Morgan fingerprint density at radius 3 is 2.70 bits per heavy atom. The molecule has 1 aromatic carbocycles. The molecule has 0 aliphatic carbocycles. The van der Waals surface area contributed by atoms with Crippen molar-refractivity contribution in [1.29, 1.82) is 0 Å². The van der Waals surface area contributed by atoms with Crippen molar-refractivity contribution < 1.29 is 17.9 Å². The molecule has 0 aromatic heterocycles. The topological polar surface area (TPSA) is 111 Å². The lowest BCUT2D eigenvalue weighted by Gasteiger charge is -2.23. The monoisotopic (exact) mass is 363 g/mol. The summed E-state index contributed by atoms with van der Waals surface area (Å²) in [5.41, 5.74) is 2.01. The van der Waals surface area contributed by atoms with E-state index in [9.17, 15) is 13.2 Å². The third-order valence-electron chi connectivity index (χ3n) is 3.66. The van der Waals surface area contributed by atoms with Crippen LogP contribution >= 0.6 is 12.4 Å². The summed E-state index contributed by atoms with van der Waals surface area (Å²) in [6.07, 6.45) is 0.0435. The predicted molar refractivity (Wildman–Crippen MR) is 90.4 cm³/mol. The molecule has 1 amide bonds. The molecule has 2 rings (SSSR count). The van der Waals surface area contributed by atoms with E-state index in [1.54, 1.807) is 6.92 Å². The predicted octanol–water partition coefficient (Wildman–Crippen LogP) is 0.690. The van der Waals surface area contributed by atoms with Crippen molar-refractivity contribution in [2.24, 2.45) is 5.14 Å². The first-order valence-electron chi connectivity index (χ1n) is 7.03. The number of sulfonamides is 1. The number of morpholine rings is 1. The van der Waals surface area contributed by atoms with Gasteiger partial charge < -0.3 is 15.4 Å². The van der Waals surface area contributed by atoms with Crippen molar-refractivity contribution in [3.63, 3.8) is 0 Å². The first-order chi connectivity index (χ1) is 10.3. The number of aryl methyl sites for hydroxylation is 1. The van der Waals surface area contributed by atoms with Gasteiger partial charge in [-0.1, -0.05) is 0 Å². The molecule has 1 atom stereocenters. The third kappa shape index (κ3) is 5.43. The Hall–Kier alpha value is -1.19. The first-order valence-corrected chi connectivity index (χ1v) is 8.58. The van der Waals surface area contributed by atoms with Crippen LogP contribution in [0.5, 0.6) is 0 Å². The van der Waals surface area contributed by atoms with Crippen molar-refractivity contribution in [2.45, 2.75) is 31.3 Å². The number of halogens is 1. The number of ether oxygens (including phenoxy) is 1. The van der Waals surface area contributed by atoms with E-state index in [0.717, 1.165) is 17.7 Å². The summed E-state index contributed by atoms with van der Waals surface area (Å²) >= 11 is 0. The van der Waals surface area contributed by atoms with E-state index in [0.29, 0.717) is 18.8 Å². The van der Waals surface area contributed by atoms with Gasteiger partial charge in [-0.05, 0) is 37.1 Å². The third-order valence-corrected chi connectivity index (χ3v) is 4.55. The van der Waals surface area contributed by atoms with Crippen LogP contribution in [-0.4, -0.2) is 40.1 Å². The average Bonchev–Trinajstić information content (AvgIpc) is 2.43. The van der Waals surface area contributed by atoms with Gasteiger partial charge in [0, 0.05) is 18.8 Å². The van der Waals surface area contributed by atoms with Gasteiger partial charge in [0.15, 0.2) is 0 Å². The molecule has 1 unspecified atom stereocenters. The first kappa shape index (κ1) is 19.9. The molecule has 0 spiro atoms. The number of nitrogens with one attached hydrogen (secondary N) is 2. The molecular weight excluding hydrogens is 342 g/mol. The number of carbonyl (C=O) groups excluding carboxylic acids is 1. The number of hydrogen-bond acceptors (Lipinski definition) is 5. The summed E-state index contributed by atoms with van der Waals surface area (Å²) in [4.78, 5) is 12.1. The number of nitrogens with two attached hydrogens (primary N) is 1. The lowest BCUT2D eigenvalue weighted by molar-refractivity contribution is -0.119. The molecular formula is C14H22ClN3O4S. The van der Waals surface area contributed by atoms with Crippen LogP contribution in [0.25, 0.3) is 0 Å². The lowest BCUT2D eigenvalue weighted by Crippen LogP contribution is -2.40. The SMILES string of the molecule is Cc1cc(S(N)(=O)=O)cc(NC(=O)CC2CNCCO2)c1C.Cl. The Bertz CT molecular complexity index is 673. The fraction of sp³-hybridized carbons (Fsp3) is 0.500. The molecule has 23 heavy (non-hydrogen) atoms. The van der Waals surface area contributed by atoms with Crippen LogP contribution in [-0.2, 0) is 19.6 Å². The van der Waals surface area contributed by atoms with Crippen molar-refractivity contribution >= 4 is 34.0 Å². The summed E-state index contributed by atoms with van der Waals surface area (Å²) in [6, 6.07) is 2.88. The van der Waals surface area contributed by atoms with Gasteiger partial charge in [-0.25, -0.2) is 13.6 Å². The maximum absolute atomic E-state index is 12.1. The van der Waals surface area contributed by atoms with E-state index in [-0.39, 0.29) is 35.7 Å². The van der Waals surface area contributed by atoms with E-state index in [1.165, 1.54) is 12.1 Å². The highest BCUT2D eigenvalue weighted by Crippen LogP contribution is 2.23. The average molecular weight is 364 g/mol. The van der Waals surface area contributed by atoms with Gasteiger partial charge in [-0.3, -0.25) is 4.79 Å². The molecule has 0 bridgehead atoms. The van der Waals surface area contributed by atoms with E-state index in [1.807, 2.05) is 6.92 Å². The van der Waals surface area contributed by atoms with Crippen LogP contribution in [0.15, 0.2) is 17.0 Å². The normalized spacial score (nSPS) is 18.1. The van der Waals surface area contributed by atoms with E-state index in [2.05, 4.69) is 10.6 Å². The molecule has 1 aliphatic rings. The van der Waals surface area contributed by atoms with Crippen molar-refractivity contribution in [3.05, 3.63) is 23.3 Å². The molecule has 1 saturated heterocycles. The molecule has 0 radical (unpaired) electrons. The van der Waals surface area contributed by atoms with Crippen LogP contribution in [0.3, 0.4) is 0 Å². The number of primary sulfonamides is 1. The fourth-order valence-electron chi connectivity index (χ4n) is 2.28. The molecule has 1 fully saturated rings. The maximum atomic E-state index is 12.1. The molecule has 1 heterocycles. The van der Waals surface area contributed by atoms with Crippen LogP contribution in [0.4, 0.5) is 5.69 Å². The van der Waals surface area contributed by atoms with Gasteiger partial charge in [0.25, 0.3) is 0 Å². The smallest absolute Gasteiger partial charge is 0.238 e. The molecule has 1 aliphatic heterocycles. The number of amides is 1. The Morgan fingerprint density at radius 2 is 2.13 bits per heavy atom. The number of carbonyl (C=O) groups is 1. The Labute approximate surface area is 142 Å². The largest absolute Gasteiger partial charge is 0.375 e. The molecule has 4 N–H and O–H groups in total. The highest BCUT2D eigenvalue weighted by molar-refractivity contribution is 7.89. The minimum absolute atomic E-state index is 0. The van der Waals surface area contributed by atoms with Gasteiger partial charge in [0.05, 0.1) is 24.0 Å². The second-order valence-electron chi connectivity index (χ2n) is 5.41. The van der Waals surface area contributed by atoms with Crippen molar-refractivity contribution in [3.8, 4) is 0 Å². The number of hydrogen-bond donors (Lipinski definition) is 3. The zero-order valence-corrected chi connectivity index (χ0v) is 14.7. The molecule has 130 valence electrons. The Kier molecular flexibility index (Phi) is 6.97. The molecule has 1 aromatic rings. The highest BCUT2D eigenvalue weighted by atomic mass is 35.5. The standard InChI is InChI=1S/C14H21N3O4S.ClH/c1-9-5-12(22(15,19)20)7-13(10(9)2)17-14(18)6-11-8-16-3-4-21-11;/h5,7,11,16H,3-4,6,8H2,1-2H3,(H,17,18)(H2,15,19,20);1H. The van der Waals surface area contributed by atoms with Crippen LogP contribution in [0, 0.1) is 13.8 Å². The summed E-state index contributed by atoms with van der Waals surface area (Å²) in [5, 5.41) is 11.1. The quantitative estimate of drug-likeness (QED) is 0.728. The number of benzene rings is 1. The zero-order valence-electron chi connectivity index (χ0n) is 13.1. The summed E-state index contributed by atoms with van der Waals surface area (Å²) in [6.45, 7) is 5.58. The van der Waals surface area contributed by atoms with Gasteiger partial charge in [-0.2, -0.15) is 0 Å². The van der Waals surface area contributed by atoms with Crippen molar-refractivity contribution in [2.75, 3.05) is 25.0 Å². The van der Waals surface area contributed by atoms with Crippen LogP contribution in [0.2, 0.25) is 0 Å². The maximum Gasteiger partial charge on any atom is 0.238 e. The minimum atomic E-state index is -3.81. The Balaban J connectivity index is 0.00000264. The second-order valence-corrected chi connectivity index (χ2v) is 6.97. The van der Waals surface area contributed by atoms with Crippen LogP contribution < -0.4 is 15.8 Å². The summed E-state index contributed by atoms with van der Waals surface area (Å²) in [5.74, 6) is -0.220. The molecule has 9 heteroatoms. The van der Waals surface area contributed by atoms with Gasteiger partial charge in [0.1, 0.15) is 0 Å². The number of rotatable bonds is 4. The van der Waals surface area contributed by atoms with E-state index in [4.69, 9.17) is 9.88 Å². The van der Waals surface area contributed by atoms with Crippen molar-refractivity contribution in [1.82, 2.24) is 5.32 Å². The number of anilines is 1. The highest BCUT2D eigenvalue weighted by Gasteiger charge is 2.19. The van der Waals surface area contributed by atoms with Gasteiger partial charge in [0.2, 0.25) is 15.9 Å².